The molecule has 0 atom stereocenters. The standard InChI is InChI=1S/C20H23NO4/c1-4-24-20(23)16-6-5-7-18(12-16)25-13-19(22)21-17-10-8-15(9-11-17)14(2)3/h5-12,14H,4,13H2,1-3H3,(H,21,22). The summed E-state index contributed by atoms with van der Waals surface area (Å²) in [5.41, 5.74) is 2.33. The molecule has 0 unspecified atom stereocenters. The van der Waals surface area contributed by atoms with Crippen LogP contribution in [0.4, 0.5) is 5.69 Å². The summed E-state index contributed by atoms with van der Waals surface area (Å²) in [5.74, 6) is 0.206. The number of hydrogen-bond acceptors (Lipinski definition) is 4. The topological polar surface area (TPSA) is 64.6 Å². The van der Waals surface area contributed by atoms with E-state index < -0.39 is 5.97 Å². The fourth-order valence-corrected chi connectivity index (χ4v) is 2.22. The third-order valence-electron chi connectivity index (χ3n) is 3.58. The molecule has 2 rings (SSSR count). The van der Waals surface area contributed by atoms with Gasteiger partial charge in [0.2, 0.25) is 0 Å². The zero-order valence-electron chi connectivity index (χ0n) is 14.7. The first kappa shape index (κ1) is 18.5. The molecule has 0 saturated heterocycles. The van der Waals surface area contributed by atoms with Crippen molar-refractivity contribution < 1.29 is 19.1 Å². The highest BCUT2D eigenvalue weighted by Gasteiger charge is 2.09. The van der Waals surface area contributed by atoms with Gasteiger partial charge in [-0.2, -0.15) is 0 Å². The van der Waals surface area contributed by atoms with Gasteiger partial charge < -0.3 is 14.8 Å². The first-order valence-electron chi connectivity index (χ1n) is 8.29. The zero-order valence-corrected chi connectivity index (χ0v) is 14.7. The highest BCUT2D eigenvalue weighted by Crippen LogP contribution is 2.17. The predicted octanol–water partition coefficient (Wildman–Crippen LogP) is 4.00. The van der Waals surface area contributed by atoms with E-state index in [2.05, 4.69) is 19.2 Å². The SMILES string of the molecule is CCOC(=O)c1cccc(OCC(=O)Nc2ccc(C(C)C)cc2)c1. The molecule has 5 nitrogen and oxygen atoms in total. The maximum Gasteiger partial charge on any atom is 0.338 e. The maximum atomic E-state index is 12.0. The molecule has 0 spiro atoms. The molecule has 0 saturated carbocycles. The first-order chi connectivity index (χ1) is 12.0. The summed E-state index contributed by atoms with van der Waals surface area (Å²) in [4.78, 5) is 23.7. The third kappa shape index (κ3) is 5.64. The number of rotatable bonds is 7. The Bertz CT molecular complexity index is 723. The number of amides is 1. The summed E-state index contributed by atoms with van der Waals surface area (Å²) in [7, 11) is 0. The molecule has 1 amide bonds. The highest BCUT2D eigenvalue weighted by molar-refractivity contribution is 5.92. The van der Waals surface area contributed by atoms with Crippen LogP contribution < -0.4 is 10.1 Å². The van der Waals surface area contributed by atoms with Gasteiger partial charge in [0, 0.05) is 5.69 Å². The smallest absolute Gasteiger partial charge is 0.338 e. The highest BCUT2D eigenvalue weighted by atomic mass is 16.5. The largest absolute Gasteiger partial charge is 0.484 e. The van der Waals surface area contributed by atoms with Crippen LogP contribution >= 0.6 is 0 Å². The van der Waals surface area contributed by atoms with Crippen molar-refractivity contribution in [2.24, 2.45) is 0 Å². The fraction of sp³-hybridized carbons (Fsp3) is 0.300. The number of ether oxygens (including phenoxy) is 2. The molecule has 0 aliphatic carbocycles. The van der Waals surface area contributed by atoms with Gasteiger partial charge >= 0.3 is 5.97 Å². The number of hydrogen-bond donors (Lipinski definition) is 1. The summed E-state index contributed by atoms with van der Waals surface area (Å²) in [6.45, 7) is 6.15. The number of carbonyl (C=O) groups is 2. The Hall–Kier alpha value is -2.82. The third-order valence-corrected chi connectivity index (χ3v) is 3.58. The molecule has 1 N–H and O–H groups in total. The predicted molar refractivity (Wildman–Crippen MR) is 97.1 cm³/mol. The minimum absolute atomic E-state index is 0.141. The monoisotopic (exact) mass is 341 g/mol. The lowest BCUT2D eigenvalue weighted by Crippen LogP contribution is -2.20. The second-order valence-corrected chi connectivity index (χ2v) is 5.86. The van der Waals surface area contributed by atoms with E-state index in [9.17, 15) is 9.59 Å². The Balaban J connectivity index is 1.89. The summed E-state index contributed by atoms with van der Waals surface area (Å²) < 4.78 is 10.4. The lowest BCUT2D eigenvalue weighted by Gasteiger charge is -2.10. The maximum absolute atomic E-state index is 12.0. The van der Waals surface area contributed by atoms with E-state index in [4.69, 9.17) is 9.47 Å². The van der Waals surface area contributed by atoms with Gasteiger partial charge in [-0.15, -0.1) is 0 Å². The van der Waals surface area contributed by atoms with Gasteiger partial charge in [0.25, 0.3) is 5.91 Å². The van der Waals surface area contributed by atoms with Crippen LogP contribution in [0, 0.1) is 0 Å². The lowest BCUT2D eigenvalue weighted by molar-refractivity contribution is -0.118. The average Bonchev–Trinajstić information content (AvgIpc) is 2.61. The van der Waals surface area contributed by atoms with Crippen LogP contribution in [-0.4, -0.2) is 25.1 Å². The van der Waals surface area contributed by atoms with E-state index in [1.165, 1.54) is 5.56 Å². The van der Waals surface area contributed by atoms with Crippen molar-refractivity contribution >= 4 is 17.6 Å². The van der Waals surface area contributed by atoms with E-state index in [0.717, 1.165) is 5.69 Å². The average molecular weight is 341 g/mol. The molecule has 0 aliphatic heterocycles. The number of nitrogens with one attached hydrogen (secondary N) is 1. The summed E-state index contributed by atoms with van der Waals surface area (Å²) in [5, 5.41) is 2.78. The molecular formula is C20H23NO4. The Morgan fingerprint density at radius 1 is 1.08 bits per heavy atom. The fourth-order valence-electron chi connectivity index (χ4n) is 2.22. The summed E-state index contributed by atoms with van der Waals surface area (Å²) >= 11 is 0. The van der Waals surface area contributed by atoms with Crippen LogP contribution in [0.5, 0.6) is 5.75 Å². The van der Waals surface area contributed by atoms with E-state index in [1.807, 2.05) is 24.3 Å². The van der Waals surface area contributed by atoms with Crippen LogP contribution in [0.3, 0.4) is 0 Å². The van der Waals surface area contributed by atoms with Crippen LogP contribution in [-0.2, 0) is 9.53 Å². The van der Waals surface area contributed by atoms with Crippen molar-refractivity contribution in [2.75, 3.05) is 18.5 Å². The van der Waals surface area contributed by atoms with Crippen molar-refractivity contribution in [3.63, 3.8) is 0 Å². The molecule has 132 valence electrons. The second-order valence-electron chi connectivity index (χ2n) is 5.86. The number of anilines is 1. The molecule has 0 radical (unpaired) electrons. The number of esters is 1. The van der Waals surface area contributed by atoms with Gasteiger partial charge in [0.1, 0.15) is 5.75 Å². The van der Waals surface area contributed by atoms with Crippen LogP contribution in [0.1, 0.15) is 42.6 Å². The quantitative estimate of drug-likeness (QED) is 0.773. The van der Waals surface area contributed by atoms with Crippen molar-refractivity contribution in [2.45, 2.75) is 26.7 Å². The van der Waals surface area contributed by atoms with Gasteiger partial charge in [-0.1, -0.05) is 32.0 Å². The Kier molecular flexibility index (Phi) is 6.57. The molecule has 0 aromatic heterocycles. The van der Waals surface area contributed by atoms with E-state index in [1.54, 1.807) is 31.2 Å². The van der Waals surface area contributed by atoms with Gasteiger partial charge in [-0.05, 0) is 48.7 Å². The minimum atomic E-state index is -0.414. The van der Waals surface area contributed by atoms with Crippen molar-refractivity contribution in [1.29, 1.82) is 0 Å². The number of carbonyl (C=O) groups excluding carboxylic acids is 2. The van der Waals surface area contributed by atoms with Crippen LogP contribution in [0.2, 0.25) is 0 Å². The first-order valence-corrected chi connectivity index (χ1v) is 8.29. The molecule has 2 aromatic rings. The summed E-state index contributed by atoms with van der Waals surface area (Å²) in [6.07, 6.45) is 0. The molecule has 0 heterocycles. The van der Waals surface area contributed by atoms with E-state index in [-0.39, 0.29) is 12.5 Å². The van der Waals surface area contributed by atoms with Crippen molar-refractivity contribution in [3.05, 3.63) is 59.7 Å². The molecule has 0 fully saturated rings. The van der Waals surface area contributed by atoms with Gasteiger partial charge in [0.15, 0.2) is 6.61 Å². The molecule has 0 aliphatic rings. The van der Waals surface area contributed by atoms with Gasteiger partial charge in [-0.25, -0.2) is 4.79 Å². The molecule has 2 aromatic carbocycles. The molecule has 0 bridgehead atoms. The number of benzene rings is 2. The normalized spacial score (nSPS) is 10.4. The molecular weight excluding hydrogens is 318 g/mol. The van der Waals surface area contributed by atoms with Gasteiger partial charge in [-0.3, -0.25) is 4.79 Å². The van der Waals surface area contributed by atoms with Crippen molar-refractivity contribution in [3.8, 4) is 5.75 Å². The Morgan fingerprint density at radius 2 is 1.80 bits per heavy atom. The Morgan fingerprint density at radius 3 is 2.44 bits per heavy atom. The minimum Gasteiger partial charge on any atom is -0.484 e. The van der Waals surface area contributed by atoms with E-state index in [0.29, 0.717) is 23.8 Å². The van der Waals surface area contributed by atoms with E-state index >= 15 is 0 Å². The van der Waals surface area contributed by atoms with Gasteiger partial charge in [0.05, 0.1) is 12.2 Å². The summed E-state index contributed by atoms with van der Waals surface area (Å²) in [6, 6.07) is 14.3. The van der Waals surface area contributed by atoms with Crippen molar-refractivity contribution in [1.82, 2.24) is 0 Å². The molecule has 25 heavy (non-hydrogen) atoms. The second kappa shape index (κ2) is 8.87. The zero-order chi connectivity index (χ0) is 18.2. The molecule has 5 heteroatoms. The van der Waals surface area contributed by atoms with Crippen LogP contribution in [0.25, 0.3) is 0 Å². The lowest BCUT2D eigenvalue weighted by atomic mass is 10.0. The Labute approximate surface area is 148 Å². The van der Waals surface area contributed by atoms with Crippen LogP contribution in [0.15, 0.2) is 48.5 Å².